The molecule has 2 saturated heterocycles. The molecule has 1 aliphatic carbocycles. The third-order valence-corrected chi connectivity index (χ3v) is 6.07. The monoisotopic (exact) mass is 376 g/mol. The normalized spacial score (nSPS) is 24.5. The topological polar surface area (TPSA) is 88.4 Å². The molecule has 1 saturated carbocycles. The zero-order valence-electron chi connectivity index (χ0n) is 15.7. The molecular formula is C21H24N6O. The average molecular weight is 376 g/mol. The Bertz CT molecular complexity index is 902. The number of rotatable bonds is 4. The van der Waals surface area contributed by atoms with E-state index in [4.69, 9.17) is 5.41 Å². The van der Waals surface area contributed by atoms with Crippen LogP contribution in [0.4, 0.5) is 0 Å². The predicted octanol–water partition coefficient (Wildman–Crippen LogP) is 2.52. The van der Waals surface area contributed by atoms with Crippen LogP contribution in [0.2, 0.25) is 0 Å². The van der Waals surface area contributed by atoms with Gasteiger partial charge in [-0.25, -0.2) is 4.99 Å². The van der Waals surface area contributed by atoms with Crippen LogP contribution in [-0.2, 0) is 4.79 Å². The summed E-state index contributed by atoms with van der Waals surface area (Å²) in [5, 5.41) is 7.53. The number of aromatic amines is 1. The molecule has 0 aromatic carbocycles. The van der Waals surface area contributed by atoms with Gasteiger partial charge in [0.15, 0.2) is 5.84 Å². The third kappa shape index (κ3) is 3.00. The number of amides is 1. The van der Waals surface area contributed by atoms with E-state index < -0.39 is 0 Å². The first kappa shape index (κ1) is 17.2. The Hall–Kier alpha value is -2.96. The van der Waals surface area contributed by atoms with Crippen molar-refractivity contribution in [2.45, 2.75) is 37.8 Å². The number of carbonyl (C=O) groups excluding carboxylic acids is 1. The standard InChI is InChI=1S/C21H24N6O/c22-13-25-20(19-8-16(10-24-19)15-2-1-7-23-9-15)26-11-17-5-6-18(12-26)27(17)21(28)14-3-4-14/h1-2,7-10,13-14,17-18,22,24H,3-6,11-12H2/b22-13?,25-20+. The second-order valence-electron chi connectivity index (χ2n) is 7.94. The maximum Gasteiger partial charge on any atom is 0.226 e. The molecule has 7 heteroatoms. The molecular weight excluding hydrogens is 352 g/mol. The highest BCUT2D eigenvalue weighted by Gasteiger charge is 2.47. The highest BCUT2D eigenvalue weighted by molar-refractivity contribution is 6.02. The molecule has 3 aliphatic rings. The van der Waals surface area contributed by atoms with E-state index in [0.29, 0.717) is 5.91 Å². The van der Waals surface area contributed by atoms with Gasteiger partial charge in [-0.1, -0.05) is 6.07 Å². The molecule has 5 rings (SSSR count). The molecule has 2 aromatic rings. The summed E-state index contributed by atoms with van der Waals surface area (Å²) in [5.74, 6) is 1.41. The Balaban J connectivity index is 1.38. The number of amidine groups is 1. The van der Waals surface area contributed by atoms with Gasteiger partial charge in [-0.15, -0.1) is 0 Å². The number of nitrogens with one attached hydrogen (secondary N) is 2. The van der Waals surface area contributed by atoms with Crippen LogP contribution in [-0.4, -0.2) is 63.0 Å². The molecule has 4 heterocycles. The Morgan fingerprint density at radius 3 is 2.64 bits per heavy atom. The lowest BCUT2D eigenvalue weighted by Gasteiger charge is -2.42. The van der Waals surface area contributed by atoms with E-state index in [-0.39, 0.29) is 18.0 Å². The fourth-order valence-corrected chi connectivity index (χ4v) is 4.58. The van der Waals surface area contributed by atoms with Gasteiger partial charge in [0.1, 0.15) is 6.34 Å². The van der Waals surface area contributed by atoms with Crippen molar-refractivity contribution in [1.82, 2.24) is 19.8 Å². The molecule has 1 amide bonds. The van der Waals surface area contributed by atoms with E-state index in [1.165, 1.54) is 0 Å². The van der Waals surface area contributed by atoms with Crippen molar-refractivity contribution in [1.29, 1.82) is 5.41 Å². The van der Waals surface area contributed by atoms with Crippen LogP contribution >= 0.6 is 0 Å². The van der Waals surface area contributed by atoms with Crippen molar-refractivity contribution in [3.63, 3.8) is 0 Å². The molecule has 2 aromatic heterocycles. The van der Waals surface area contributed by atoms with Crippen LogP contribution in [0.25, 0.3) is 11.1 Å². The van der Waals surface area contributed by atoms with Crippen LogP contribution in [0, 0.1) is 11.3 Å². The van der Waals surface area contributed by atoms with Crippen molar-refractivity contribution in [2.75, 3.05) is 13.1 Å². The maximum absolute atomic E-state index is 12.7. The fraction of sp³-hybridized carbons (Fsp3) is 0.429. The molecule has 2 aliphatic heterocycles. The zero-order chi connectivity index (χ0) is 19.1. The van der Waals surface area contributed by atoms with E-state index >= 15 is 0 Å². The number of hydrogen-bond acceptors (Lipinski definition) is 3. The van der Waals surface area contributed by atoms with Gasteiger partial charge in [-0.3, -0.25) is 15.2 Å². The molecule has 2 unspecified atom stereocenters. The Morgan fingerprint density at radius 2 is 2.00 bits per heavy atom. The van der Waals surface area contributed by atoms with Crippen molar-refractivity contribution < 1.29 is 4.79 Å². The highest BCUT2D eigenvalue weighted by atomic mass is 16.2. The van der Waals surface area contributed by atoms with Crippen LogP contribution in [0.1, 0.15) is 31.4 Å². The van der Waals surface area contributed by atoms with E-state index in [2.05, 4.69) is 30.8 Å². The number of likely N-dealkylation sites (tertiary alicyclic amines) is 1. The summed E-state index contributed by atoms with van der Waals surface area (Å²) in [6.07, 6.45) is 10.9. The van der Waals surface area contributed by atoms with Gasteiger partial charge in [0.2, 0.25) is 5.91 Å². The summed E-state index contributed by atoms with van der Waals surface area (Å²) in [7, 11) is 0. The molecule has 3 fully saturated rings. The number of hydrogen-bond donors (Lipinski definition) is 2. The Kier molecular flexibility index (Phi) is 4.22. The highest BCUT2D eigenvalue weighted by Crippen LogP contribution is 2.38. The summed E-state index contributed by atoms with van der Waals surface area (Å²) in [6, 6.07) is 6.52. The Labute approximate surface area is 164 Å². The number of aliphatic imine (C=N–C) groups is 1. The largest absolute Gasteiger partial charge is 0.358 e. The van der Waals surface area contributed by atoms with E-state index in [9.17, 15) is 4.79 Å². The summed E-state index contributed by atoms with van der Waals surface area (Å²) < 4.78 is 0. The van der Waals surface area contributed by atoms with Gasteiger partial charge >= 0.3 is 0 Å². The zero-order valence-corrected chi connectivity index (χ0v) is 15.7. The van der Waals surface area contributed by atoms with Crippen LogP contribution in [0.15, 0.2) is 41.8 Å². The van der Waals surface area contributed by atoms with Crippen molar-refractivity contribution in [3.05, 3.63) is 42.5 Å². The third-order valence-electron chi connectivity index (χ3n) is 6.07. The fourth-order valence-electron chi connectivity index (χ4n) is 4.58. The van der Waals surface area contributed by atoms with Gasteiger partial charge in [0.25, 0.3) is 0 Å². The second-order valence-corrected chi connectivity index (χ2v) is 7.94. The molecule has 28 heavy (non-hydrogen) atoms. The molecule has 2 N–H and O–H groups in total. The summed E-state index contributed by atoms with van der Waals surface area (Å²) >= 11 is 0. The van der Waals surface area contributed by atoms with Crippen molar-refractivity contribution in [2.24, 2.45) is 10.9 Å². The quantitative estimate of drug-likeness (QED) is 0.635. The molecule has 2 bridgehead atoms. The number of nitrogens with zero attached hydrogens (tertiary/aromatic N) is 4. The van der Waals surface area contributed by atoms with E-state index in [1.54, 1.807) is 6.20 Å². The van der Waals surface area contributed by atoms with Gasteiger partial charge < -0.3 is 14.8 Å². The van der Waals surface area contributed by atoms with E-state index in [0.717, 1.165) is 67.8 Å². The first-order valence-corrected chi connectivity index (χ1v) is 9.97. The molecule has 2 atom stereocenters. The lowest BCUT2D eigenvalue weighted by molar-refractivity contribution is -0.137. The smallest absolute Gasteiger partial charge is 0.226 e. The maximum atomic E-state index is 12.7. The van der Waals surface area contributed by atoms with Gasteiger partial charge in [-0.05, 0) is 37.8 Å². The second kappa shape index (κ2) is 6.89. The Morgan fingerprint density at radius 1 is 1.21 bits per heavy atom. The number of aromatic nitrogens is 2. The van der Waals surface area contributed by atoms with Crippen molar-refractivity contribution in [3.8, 4) is 11.1 Å². The number of fused-ring (bicyclic) bond motifs is 2. The number of H-pyrrole nitrogens is 1. The SMILES string of the molecule is N=C/N=C(\c1cc(-c2cccnc2)c[nH]1)N1CC2CCC(C1)N2C(=O)C1CC1. The minimum absolute atomic E-state index is 0.260. The average Bonchev–Trinajstić information content (AvgIpc) is 3.40. The van der Waals surface area contributed by atoms with Gasteiger partial charge in [-0.2, -0.15) is 0 Å². The summed E-state index contributed by atoms with van der Waals surface area (Å²) in [5.41, 5.74) is 2.98. The lowest BCUT2D eigenvalue weighted by Crippen LogP contribution is -2.57. The number of piperazine rings is 1. The first-order chi connectivity index (χ1) is 13.7. The number of pyridine rings is 1. The predicted molar refractivity (Wildman–Crippen MR) is 107 cm³/mol. The van der Waals surface area contributed by atoms with Crippen LogP contribution < -0.4 is 0 Å². The van der Waals surface area contributed by atoms with E-state index in [1.807, 2.05) is 24.5 Å². The van der Waals surface area contributed by atoms with Crippen LogP contribution in [0.5, 0.6) is 0 Å². The molecule has 0 radical (unpaired) electrons. The molecule has 7 nitrogen and oxygen atoms in total. The minimum Gasteiger partial charge on any atom is -0.358 e. The summed E-state index contributed by atoms with van der Waals surface area (Å²) in [4.78, 5) is 29.0. The van der Waals surface area contributed by atoms with Gasteiger partial charge in [0.05, 0.1) is 5.69 Å². The molecule has 144 valence electrons. The summed E-state index contributed by atoms with van der Waals surface area (Å²) in [6.45, 7) is 1.56. The molecule has 0 spiro atoms. The van der Waals surface area contributed by atoms with Crippen LogP contribution in [0.3, 0.4) is 0 Å². The van der Waals surface area contributed by atoms with Gasteiger partial charge in [0, 0.05) is 60.8 Å². The van der Waals surface area contributed by atoms with Crippen molar-refractivity contribution >= 4 is 18.1 Å². The minimum atomic E-state index is 0.260. The number of carbonyl (C=O) groups is 1. The lowest BCUT2D eigenvalue weighted by atomic mass is 10.1. The first-order valence-electron chi connectivity index (χ1n) is 9.97.